The summed E-state index contributed by atoms with van der Waals surface area (Å²) in [5.41, 5.74) is 1.71. The van der Waals surface area contributed by atoms with Crippen LogP contribution in [0.5, 0.6) is 0 Å². The summed E-state index contributed by atoms with van der Waals surface area (Å²) in [4.78, 5) is 49.7. The maximum absolute atomic E-state index is 12.3. The number of urea groups is 1. The van der Waals surface area contributed by atoms with Crippen LogP contribution in [0.25, 0.3) is 0 Å². The number of carbonyl (C=O) groups is 4. The molecule has 8 heteroatoms. The van der Waals surface area contributed by atoms with E-state index in [9.17, 15) is 19.2 Å². The van der Waals surface area contributed by atoms with Crippen molar-refractivity contribution in [3.8, 4) is 0 Å². The SMILES string of the molecule is C[C@H](NC(=O)Nc1ccccc1)C(=O)OCC(=O)c1ccc(N2CCCC2=O)cc1. The highest BCUT2D eigenvalue weighted by atomic mass is 16.5. The van der Waals surface area contributed by atoms with E-state index in [1.54, 1.807) is 53.4 Å². The number of amides is 3. The van der Waals surface area contributed by atoms with Gasteiger partial charge in [0.2, 0.25) is 5.91 Å². The van der Waals surface area contributed by atoms with Gasteiger partial charge in [-0.25, -0.2) is 9.59 Å². The molecular weight excluding hydrogens is 386 g/mol. The van der Waals surface area contributed by atoms with Gasteiger partial charge in [-0.1, -0.05) is 18.2 Å². The van der Waals surface area contributed by atoms with Gasteiger partial charge in [-0.3, -0.25) is 9.59 Å². The Hall–Kier alpha value is -3.68. The van der Waals surface area contributed by atoms with Crippen molar-refractivity contribution in [2.75, 3.05) is 23.4 Å². The molecule has 156 valence electrons. The van der Waals surface area contributed by atoms with E-state index in [0.717, 1.165) is 12.1 Å². The number of hydrogen-bond acceptors (Lipinski definition) is 5. The largest absolute Gasteiger partial charge is 0.456 e. The van der Waals surface area contributed by atoms with E-state index in [2.05, 4.69) is 10.6 Å². The van der Waals surface area contributed by atoms with E-state index in [1.807, 2.05) is 6.07 Å². The first-order valence-corrected chi connectivity index (χ1v) is 9.67. The smallest absolute Gasteiger partial charge is 0.328 e. The van der Waals surface area contributed by atoms with Crippen molar-refractivity contribution in [3.63, 3.8) is 0 Å². The minimum atomic E-state index is -0.926. The minimum absolute atomic E-state index is 0.0702. The Morgan fingerprint density at radius 2 is 1.77 bits per heavy atom. The Bertz CT molecular complexity index is 928. The first-order valence-electron chi connectivity index (χ1n) is 9.67. The van der Waals surface area contributed by atoms with Crippen LogP contribution < -0.4 is 15.5 Å². The van der Waals surface area contributed by atoms with Gasteiger partial charge in [0.15, 0.2) is 12.4 Å². The summed E-state index contributed by atoms with van der Waals surface area (Å²) in [7, 11) is 0. The van der Waals surface area contributed by atoms with Crippen molar-refractivity contribution in [1.82, 2.24) is 5.32 Å². The lowest BCUT2D eigenvalue weighted by atomic mass is 10.1. The maximum Gasteiger partial charge on any atom is 0.328 e. The van der Waals surface area contributed by atoms with E-state index >= 15 is 0 Å². The van der Waals surface area contributed by atoms with Gasteiger partial charge in [0, 0.05) is 29.9 Å². The number of nitrogens with one attached hydrogen (secondary N) is 2. The van der Waals surface area contributed by atoms with Crippen molar-refractivity contribution in [1.29, 1.82) is 0 Å². The monoisotopic (exact) mass is 409 g/mol. The molecule has 1 aliphatic heterocycles. The number of Topliss-reactive ketones (excluding diaryl/α,β-unsaturated/α-hetero) is 1. The third-order valence-corrected chi connectivity index (χ3v) is 4.65. The molecule has 2 N–H and O–H groups in total. The second kappa shape index (κ2) is 9.69. The fourth-order valence-corrected chi connectivity index (χ4v) is 3.04. The third kappa shape index (κ3) is 5.44. The molecule has 2 aromatic carbocycles. The van der Waals surface area contributed by atoms with Gasteiger partial charge < -0.3 is 20.3 Å². The standard InChI is InChI=1S/C22H23N3O5/c1-15(23-22(29)24-17-6-3-2-4-7-17)21(28)30-14-19(26)16-9-11-18(12-10-16)25-13-5-8-20(25)27/h2-4,6-7,9-12,15H,5,8,13-14H2,1H3,(H2,23,24,29)/t15-/m0/s1. The average molecular weight is 409 g/mol. The molecule has 1 heterocycles. The van der Waals surface area contributed by atoms with Crippen LogP contribution in [0.4, 0.5) is 16.2 Å². The number of rotatable bonds is 7. The van der Waals surface area contributed by atoms with Crippen LogP contribution in [-0.2, 0) is 14.3 Å². The number of anilines is 2. The quantitative estimate of drug-likeness (QED) is 0.540. The predicted molar refractivity (Wildman–Crippen MR) is 111 cm³/mol. The molecule has 0 spiro atoms. The van der Waals surface area contributed by atoms with Gasteiger partial charge in [-0.2, -0.15) is 0 Å². The Morgan fingerprint density at radius 1 is 1.07 bits per heavy atom. The van der Waals surface area contributed by atoms with Crippen LogP contribution in [0, 0.1) is 0 Å². The number of ketones is 1. The van der Waals surface area contributed by atoms with Gasteiger partial charge >= 0.3 is 12.0 Å². The second-order valence-corrected chi connectivity index (χ2v) is 6.91. The number of hydrogen-bond donors (Lipinski definition) is 2. The van der Waals surface area contributed by atoms with Crippen LogP contribution >= 0.6 is 0 Å². The number of esters is 1. The Morgan fingerprint density at radius 3 is 2.40 bits per heavy atom. The van der Waals surface area contributed by atoms with E-state index in [1.165, 1.54) is 6.92 Å². The molecule has 8 nitrogen and oxygen atoms in total. The van der Waals surface area contributed by atoms with E-state index in [-0.39, 0.29) is 11.7 Å². The molecule has 3 rings (SSSR count). The summed E-state index contributed by atoms with van der Waals surface area (Å²) < 4.78 is 5.02. The molecule has 0 aromatic heterocycles. The molecule has 1 atom stereocenters. The normalized spacial score (nSPS) is 14.2. The summed E-state index contributed by atoms with van der Waals surface area (Å²) in [5, 5.41) is 5.06. The molecule has 0 saturated carbocycles. The molecular formula is C22H23N3O5. The van der Waals surface area contributed by atoms with Gasteiger partial charge in [0.05, 0.1) is 0 Å². The van der Waals surface area contributed by atoms with Crippen molar-refractivity contribution in [2.45, 2.75) is 25.8 Å². The van der Waals surface area contributed by atoms with E-state index in [4.69, 9.17) is 4.74 Å². The van der Waals surface area contributed by atoms with Crippen molar-refractivity contribution >= 4 is 35.1 Å². The second-order valence-electron chi connectivity index (χ2n) is 6.91. The zero-order chi connectivity index (χ0) is 21.5. The van der Waals surface area contributed by atoms with Crippen LogP contribution in [0.1, 0.15) is 30.1 Å². The highest BCUT2D eigenvalue weighted by Crippen LogP contribution is 2.21. The Labute approximate surface area is 174 Å². The molecule has 0 radical (unpaired) electrons. The molecule has 0 aliphatic carbocycles. The summed E-state index contributed by atoms with van der Waals surface area (Å²) in [6.07, 6.45) is 1.36. The lowest BCUT2D eigenvalue weighted by Crippen LogP contribution is -2.42. The lowest BCUT2D eigenvalue weighted by molar-refractivity contribution is -0.144. The summed E-state index contributed by atoms with van der Waals surface area (Å²) in [6.45, 7) is 1.71. The zero-order valence-electron chi connectivity index (χ0n) is 16.6. The summed E-state index contributed by atoms with van der Waals surface area (Å²) in [6, 6.07) is 13.9. The van der Waals surface area contributed by atoms with Gasteiger partial charge in [0.1, 0.15) is 6.04 Å². The topological polar surface area (TPSA) is 105 Å². The first-order chi connectivity index (χ1) is 14.4. The first kappa shape index (κ1) is 21.0. The number of nitrogens with zero attached hydrogens (tertiary/aromatic N) is 1. The number of carbonyl (C=O) groups excluding carboxylic acids is 4. The Kier molecular flexibility index (Phi) is 6.79. The molecule has 30 heavy (non-hydrogen) atoms. The van der Waals surface area contributed by atoms with Crippen LogP contribution in [0.15, 0.2) is 54.6 Å². The van der Waals surface area contributed by atoms with Gasteiger partial charge in [-0.05, 0) is 49.7 Å². The van der Waals surface area contributed by atoms with E-state index < -0.39 is 24.6 Å². The van der Waals surface area contributed by atoms with Crippen LogP contribution in [0.3, 0.4) is 0 Å². The number of benzene rings is 2. The Balaban J connectivity index is 1.46. The molecule has 1 aliphatic rings. The van der Waals surface area contributed by atoms with Gasteiger partial charge in [-0.15, -0.1) is 0 Å². The van der Waals surface area contributed by atoms with Crippen LogP contribution in [-0.4, -0.2) is 42.9 Å². The number of ether oxygens (including phenoxy) is 1. The van der Waals surface area contributed by atoms with Crippen molar-refractivity contribution in [2.24, 2.45) is 0 Å². The molecule has 0 unspecified atom stereocenters. The molecule has 1 fully saturated rings. The fraction of sp³-hybridized carbons (Fsp3) is 0.273. The van der Waals surface area contributed by atoms with Crippen molar-refractivity contribution < 1.29 is 23.9 Å². The summed E-state index contributed by atoms with van der Waals surface area (Å²) in [5.74, 6) is -1.02. The average Bonchev–Trinajstić information content (AvgIpc) is 3.18. The lowest BCUT2D eigenvalue weighted by Gasteiger charge is -2.16. The van der Waals surface area contributed by atoms with Crippen LogP contribution in [0.2, 0.25) is 0 Å². The van der Waals surface area contributed by atoms with Crippen molar-refractivity contribution in [3.05, 3.63) is 60.2 Å². The van der Waals surface area contributed by atoms with Gasteiger partial charge in [0.25, 0.3) is 0 Å². The number of para-hydroxylation sites is 1. The molecule has 3 amide bonds. The van der Waals surface area contributed by atoms with E-state index in [0.29, 0.717) is 24.2 Å². The zero-order valence-corrected chi connectivity index (χ0v) is 16.6. The fourth-order valence-electron chi connectivity index (χ4n) is 3.04. The highest BCUT2D eigenvalue weighted by Gasteiger charge is 2.22. The molecule has 2 aromatic rings. The minimum Gasteiger partial charge on any atom is -0.456 e. The molecule has 1 saturated heterocycles. The highest BCUT2D eigenvalue weighted by molar-refractivity contribution is 6.00. The third-order valence-electron chi connectivity index (χ3n) is 4.65. The maximum atomic E-state index is 12.3. The summed E-state index contributed by atoms with van der Waals surface area (Å²) >= 11 is 0. The molecule has 0 bridgehead atoms. The predicted octanol–water partition coefficient (Wildman–Crippen LogP) is 2.75.